The Balaban J connectivity index is 1.88. The predicted molar refractivity (Wildman–Crippen MR) is 96.6 cm³/mol. The summed E-state index contributed by atoms with van der Waals surface area (Å²) in [6.45, 7) is 0.751. The molecule has 2 aromatic carbocycles. The van der Waals surface area contributed by atoms with Crippen molar-refractivity contribution < 1.29 is 9.47 Å². The Hall–Kier alpha value is -2.16. The molecular weight excluding hydrogens is 296 g/mol. The highest BCUT2D eigenvalue weighted by molar-refractivity contribution is 5.82. The standard InChI is InChI=1S/C22H22O2/c1-23-22(15-8-16-24-22)21-19(17-9-4-2-5-10-17)13-14-20(21)18-11-6-3-7-12-18/h2-7,9-14,19H,8,15-16H2,1H3. The average Bonchev–Trinajstić information content (AvgIpc) is 3.31. The van der Waals surface area contributed by atoms with Gasteiger partial charge in [0.1, 0.15) is 0 Å². The van der Waals surface area contributed by atoms with Gasteiger partial charge in [-0.3, -0.25) is 0 Å². The first-order valence-corrected chi connectivity index (χ1v) is 8.56. The van der Waals surface area contributed by atoms with E-state index >= 15 is 0 Å². The Kier molecular flexibility index (Phi) is 4.09. The Bertz CT molecular complexity index is 753. The lowest BCUT2D eigenvalue weighted by Crippen LogP contribution is -2.35. The van der Waals surface area contributed by atoms with Crippen LogP contribution in [0, 0.1) is 0 Å². The Morgan fingerprint density at radius 1 is 1.00 bits per heavy atom. The van der Waals surface area contributed by atoms with Crippen LogP contribution in [0.5, 0.6) is 0 Å². The van der Waals surface area contributed by atoms with E-state index in [2.05, 4.69) is 72.8 Å². The third-order valence-electron chi connectivity index (χ3n) is 5.03. The molecule has 2 nitrogen and oxygen atoms in total. The van der Waals surface area contributed by atoms with Crippen LogP contribution in [-0.4, -0.2) is 19.5 Å². The highest BCUT2D eigenvalue weighted by Gasteiger charge is 2.45. The number of ether oxygens (including phenoxy) is 2. The van der Waals surface area contributed by atoms with E-state index in [1.165, 1.54) is 22.3 Å². The maximum absolute atomic E-state index is 6.16. The Morgan fingerprint density at radius 2 is 1.71 bits per heavy atom. The van der Waals surface area contributed by atoms with Crippen LogP contribution in [0.15, 0.2) is 78.4 Å². The van der Waals surface area contributed by atoms with Crippen LogP contribution in [-0.2, 0) is 9.47 Å². The lowest BCUT2D eigenvalue weighted by molar-refractivity contribution is -0.165. The first kappa shape index (κ1) is 15.4. The number of benzene rings is 2. The summed E-state index contributed by atoms with van der Waals surface area (Å²) in [5, 5.41) is 0. The largest absolute Gasteiger partial charge is 0.349 e. The summed E-state index contributed by atoms with van der Waals surface area (Å²) in [5.41, 5.74) is 4.96. The third-order valence-corrected chi connectivity index (χ3v) is 5.03. The molecule has 4 rings (SSSR count). The minimum Gasteiger partial charge on any atom is -0.349 e. The molecule has 1 aliphatic carbocycles. The van der Waals surface area contributed by atoms with Gasteiger partial charge >= 0.3 is 0 Å². The minimum atomic E-state index is -0.616. The molecule has 0 amide bonds. The molecule has 1 fully saturated rings. The average molecular weight is 318 g/mol. The number of hydrogen-bond donors (Lipinski definition) is 0. The van der Waals surface area contributed by atoms with Gasteiger partial charge in [-0.05, 0) is 23.1 Å². The molecule has 2 aromatic rings. The second-order valence-corrected chi connectivity index (χ2v) is 6.35. The first-order valence-electron chi connectivity index (χ1n) is 8.56. The zero-order valence-corrected chi connectivity index (χ0v) is 13.9. The Morgan fingerprint density at radius 3 is 2.33 bits per heavy atom. The van der Waals surface area contributed by atoms with Crippen LogP contribution in [0.2, 0.25) is 0 Å². The monoisotopic (exact) mass is 318 g/mol. The molecule has 2 unspecified atom stereocenters. The molecule has 0 spiro atoms. The smallest absolute Gasteiger partial charge is 0.192 e. The topological polar surface area (TPSA) is 18.5 Å². The van der Waals surface area contributed by atoms with Crippen molar-refractivity contribution in [3.63, 3.8) is 0 Å². The summed E-state index contributed by atoms with van der Waals surface area (Å²) in [7, 11) is 1.77. The molecule has 0 aromatic heterocycles. The van der Waals surface area contributed by atoms with Gasteiger partial charge in [-0.2, -0.15) is 0 Å². The molecule has 0 bridgehead atoms. The summed E-state index contributed by atoms with van der Waals surface area (Å²) in [6, 6.07) is 21.1. The normalized spacial score (nSPS) is 26.3. The molecule has 0 radical (unpaired) electrons. The second kappa shape index (κ2) is 6.39. The molecule has 1 saturated heterocycles. The van der Waals surface area contributed by atoms with E-state index in [0.717, 1.165) is 19.4 Å². The van der Waals surface area contributed by atoms with Crippen LogP contribution in [0.3, 0.4) is 0 Å². The minimum absolute atomic E-state index is 0.194. The summed E-state index contributed by atoms with van der Waals surface area (Å²) >= 11 is 0. The van der Waals surface area contributed by atoms with Gasteiger partial charge in [0.25, 0.3) is 0 Å². The first-order chi connectivity index (χ1) is 11.8. The van der Waals surface area contributed by atoms with Crippen LogP contribution in [0.25, 0.3) is 5.57 Å². The van der Waals surface area contributed by atoms with Crippen molar-refractivity contribution in [3.05, 3.63) is 89.5 Å². The lowest BCUT2D eigenvalue weighted by Gasteiger charge is -2.33. The van der Waals surface area contributed by atoms with E-state index < -0.39 is 5.79 Å². The van der Waals surface area contributed by atoms with Crippen molar-refractivity contribution in [1.29, 1.82) is 0 Å². The maximum Gasteiger partial charge on any atom is 0.192 e. The summed E-state index contributed by atoms with van der Waals surface area (Å²) in [4.78, 5) is 0. The predicted octanol–water partition coefficient (Wildman–Crippen LogP) is 4.95. The zero-order valence-electron chi connectivity index (χ0n) is 13.9. The van der Waals surface area contributed by atoms with Crippen molar-refractivity contribution in [3.8, 4) is 0 Å². The fourth-order valence-corrected chi connectivity index (χ4v) is 3.89. The molecule has 1 heterocycles. The molecule has 2 aliphatic rings. The number of allylic oxidation sites excluding steroid dienone is 3. The van der Waals surface area contributed by atoms with Gasteiger partial charge in [0.2, 0.25) is 0 Å². The van der Waals surface area contributed by atoms with Crippen LogP contribution < -0.4 is 0 Å². The molecule has 122 valence electrons. The number of methoxy groups -OCH3 is 1. The van der Waals surface area contributed by atoms with Gasteiger partial charge in [0.15, 0.2) is 5.79 Å². The van der Waals surface area contributed by atoms with Crippen LogP contribution in [0.1, 0.15) is 29.9 Å². The van der Waals surface area contributed by atoms with Gasteiger partial charge in [0, 0.05) is 25.0 Å². The third kappa shape index (κ3) is 2.52. The van der Waals surface area contributed by atoms with Crippen LogP contribution >= 0.6 is 0 Å². The van der Waals surface area contributed by atoms with Crippen molar-refractivity contribution in [1.82, 2.24) is 0 Å². The van der Waals surface area contributed by atoms with Gasteiger partial charge < -0.3 is 9.47 Å². The van der Waals surface area contributed by atoms with Crippen molar-refractivity contribution in [2.45, 2.75) is 24.5 Å². The summed E-state index contributed by atoms with van der Waals surface area (Å²) in [6.07, 6.45) is 6.43. The molecule has 2 heteroatoms. The van der Waals surface area contributed by atoms with Gasteiger partial charge in [-0.25, -0.2) is 0 Å². The highest BCUT2D eigenvalue weighted by atomic mass is 16.7. The Labute approximate surface area is 143 Å². The van der Waals surface area contributed by atoms with Gasteiger partial charge in [0.05, 0.1) is 6.61 Å². The molecule has 24 heavy (non-hydrogen) atoms. The van der Waals surface area contributed by atoms with Crippen molar-refractivity contribution in [2.75, 3.05) is 13.7 Å². The number of hydrogen-bond acceptors (Lipinski definition) is 2. The van der Waals surface area contributed by atoms with Crippen LogP contribution in [0.4, 0.5) is 0 Å². The van der Waals surface area contributed by atoms with Gasteiger partial charge in [-0.1, -0.05) is 72.8 Å². The molecule has 1 aliphatic heterocycles. The summed E-state index contributed by atoms with van der Waals surface area (Å²) < 4.78 is 12.1. The molecular formula is C22H22O2. The lowest BCUT2D eigenvalue weighted by atomic mass is 9.84. The summed E-state index contributed by atoms with van der Waals surface area (Å²) in [5.74, 6) is -0.422. The highest BCUT2D eigenvalue weighted by Crippen LogP contribution is 2.49. The fraction of sp³-hybridized carbons (Fsp3) is 0.273. The van der Waals surface area contributed by atoms with E-state index in [0.29, 0.717) is 0 Å². The quantitative estimate of drug-likeness (QED) is 0.794. The second-order valence-electron chi connectivity index (χ2n) is 6.35. The van der Waals surface area contributed by atoms with E-state index in [-0.39, 0.29) is 5.92 Å². The SMILES string of the molecule is COC1(C2=C(c3ccccc3)C=CC2c2ccccc2)CCCO1. The van der Waals surface area contributed by atoms with E-state index in [9.17, 15) is 0 Å². The van der Waals surface area contributed by atoms with E-state index in [1.54, 1.807) is 7.11 Å². The van der Waals surface area contributed by atoms with Crippen molar-refractivity contribution in [2.24, 2.45) is 0 Å². The van der Waals surface area contributed by atoms with Crippen molar-refractivity contribution >= 4 is 5.57 Å². The fourth-order valence-electron chi connectivity index (χ4n) is 3.89. The zero-order chi connectivity index (χ0) is 16.4. The van der Waals surface area contributed by atoms with E-state index in [4.69, 9.17) is 9.47 Å². The number of rotatable bonds is 4. The van der Waals surface area contributed by atoms with E-state index in [1.807, 2.05) is 0 Å². The maximum atomic E-state index is 6.16. The molecule has 0 saturated carbocycles. The molecule has 0 N–H and O–H groups in total. The molecule has 2 atom stereocenters. The van der Waals surface area contributed by atoms with Gasteiger partial charge in [-0.15, -0.1) is 0 Å².